The monoisotopic (exact) mass is 303 g/mol. The van der Waals surface area contributed by atoms with Crippen molar-refractivity contribution in [2.75, 3.05) is 18.5 Å². The Morgan fingerprint density at radius 3 is 2.59 bits per heavy atom. The maximum Gasteiger partial charge on any atom is 0.111 e. The Morgan fingerprint density at radius 1 is 1.23 bits per heavy atom. The second-order valence-corrected chi connectivity index (χ2v) is 7.61. The number of para-hydroxylation sites is 1. The first kappa shape index (κ1) is 15.8. The van der Waals surface area contributed by atoms with Crippen molar-refractivity contribution in [2.24, 2.45) is 17.3 Å². The van der Waals surface area contributed by atoms with Gasteiger partial charge in [-0.3, -0.25) is 0 Å². The van der Waals surface area contributed by atoms with Crippen LogP contribution in [-0.4, -0.2) is 30.0 Å². The minimum atomic E-state index is -0.775. The lowest BCUT2D eigenvalue weighted by atomic mass is 9.43. The number of nitrogens with one attached hydrogen (secondary N) is 1. The number of hydrogen-bond donors (Lipinski definition) is 2. The Bertz CT molecular complexity index is 501. The molecule has 3 aliphatic carbocycles. The Labute approximate surface area is 134 Å². The maximum absolute atomic E-state index is 11.5. The summed E-state index contributed by atoms with van der Waals surface area (Å²) in [5.74, 6) is 1.01. The first-order valence-corrected chi connectivity index (χ1v) is 8.61. The molecule has 3 heteroatoms. The summed E-state index contributed by atoms with van der Waals surface area (Å²) in [5, 5.41) is 14.9. The average molecular weight is 303 g/mol. The van der Waals surface area contributed by atoms with Crippen LogP contribution >= 0.6 is 0 Å². The van der Waals surface area contributed by atoms with Crippen LogP contribution < -0.4 is 5.32 Å². The molecule has 3 fully saturated rings. The quantitative estimate of drug-likeness (QED) is 0.842. The van der Waals surface area contributed by atoms with Crippen molar-refractivity contribution in [1.29, 1.82) is 0 Å². The molecule has 0 amide bonds. The van der Waals surface area contributed by atoms with E-state index in [4.69, 9.17) is 4.74 Å². The molecular formula is C19H29NO2. The van der Waals surface area contributed by atoms with Crippen molar-refractivity contribution in [3.8, 4) is 0 Å². The number of ether oxygens (including phenoxy) is 1. The molecule has 0 unspecified atom stereocenters. The van der Waals surface area contributed by atoms with E-state index in [9.17, 15) is 5.11 Å². The Hall–Kier alpha value is -1.06. The van der Waals surface area contributed by atoms with E-state index >= 15 is 0 Å². The van der Waals surface area contributed by atoms with Gasteiger partial charge in [-0.05, 0) is 48.6 Å². The third-order valence-corrected chi connectivity index (χ3v) is 6.00. The van der Waals surface area contributed by atoms with Gasteiger partial charge in [0.25, 0.3) is 0 Å². The zero-order valence-corrected chi connectivity index (χ0v) is 14.0. The Morgan fingerprint density at radius 2 is 1.95 bits per heavy atom. The average Bonchev–Trinajstić information content (AvgIpc) is 2.52. The second kappa shape index (κ2) is 5.86. The van der Waals surface area contributed by atoms with Gasteiger partial charge in [-0.1, -0.05) is 39.0 Å². The third kappa shape index (κ3) is 2.55. The van der Waals surface area contributed by atoms with Gasteiger partial charge >= 0.3 is 0 Å². The highest BCUT2D eigenvalue weighted by atomic mass is 16.5. The highest BCUT2D eigenvalue weighted by Crippen LogP contribution is 2.63. The standard InChI is InChI=1S/C19H29NO2/c1-4-10-22-17-12-14-11-16(18(14,2)3)19(17,21)13-20-15-8-6-5-7-9-15/h5-9,14,16-17,20-21H,4,10-13H2,1-3H3/t14-,16-,17+,19-/m0/s1. The Kier molecular flexibility index (Phi) is 4.21. The fraction of sp³-hybridized carbons (Fsp3) is 0.684. The van der Waals surface area contributed by atoms with E-state index < -0.39 is 5.60 Å². The number of benzene rings is 1. The smallest absolute Gasteiger partial charge is 0.111 e. The zero-order chi connectivity index (χ0) is 15.8. The predicted molar refractivity (Wildman–Crippen MR) is 89.9 cm³/mol. The molecule has 1 aromatic carbocycles. The number of hydrogen-bond acceptors (Lipinski definition) is 3. The molecule has 4 atom stereocenters. The molecule has 3 aliphatic rings. The van der Waals surface area contributed by atoms with Gasteiger partial charge in [0.1, 0.15) is 5.60 Å². The van der Waals surface area contributed by atoms with Crippen molar-refractivity contribution >= 4 is 5.69 Å². The van der Waals surface area contributed by atoms with Crippen molar-refractivity contribution in [2.45, 2.75) is 51.7 Å². The third-order valence-electron chi connectivity index (χ3n) is 6.00. The highest BCUT2D eigenvalue weighted by molar-refractivity contribution is 5.43. The molecule has 122 valence electrons. The molecule has 22 heavy (non-hydrogen) atoms. The van der Waals surface area contributed by atoms with E-state index in [1.54, 1.807) is 0 Å². The second-order valence-electron chi connectivity index (χ2n) is 7.61. The number of aliphatic hydroxyl groups is 1. The normalized spacial score (nSPS) is 35.7. The summed E-state index contributed by atoms with van der Waals surface area (Å²) >= 11 is 0. The fourth-order valence-electron chi connectivity index (χ4n) is 4.46. The Balaban J connectivity index is 1.75. The molecule has 2 bridgehead atoms. The van der Waals surface area contributed by atoms with E-state index in [1.165, 1.54) is 0 Å². The van der Waals surface area contributed by atoms with Crippen LogP contribution in [0.3, 0.4) is 0 Å². The van der Waals surface area contributed by atoms with Crippen molar-refractivity contribution in [1.82, 2.24) is 0 Å². The molecule has 0 aliphatic heterocycles. The van der Waals surface area contributed by atoms with Crippen molar-refractivity contribution in [3.05, 3.63) is 30.3 Å². The van der Waals surface area contributed by atoms with E-state index in [-0.39, 0.29) is 11.5 Å². The number of anilines is 1. The first-order valence-electron chi connectivity index (χ1n) is 8.61. The van der Waals surface area contributed by atoms with Gasteiger partial charge in [0, 0.05) is 18.8 Å². The molecular weight excluding hydrogens is 274 g/mol. The summed E-state index contributed by atoms with van der Waals surface area (Å²) < 4.78 is 6.04. The molecule has 4 rings (SSSR count). The molecule has 2 N–H and O–H groups in total. The van der Waals surface area contributed by atoms with E-state index in [0.29, 0.717) is 18.4 Å². The topological polar surface area (TPSA) is 41.5 Å². The van der Waals surface area contributed by atoms with Crippen molar-refractivity contribution in [3.63, 3.8) is 0 Å². The SMILES string of the molecule is CCCO[C@@H]1C[C@@H]2C[C@@H](C2(C)C)[C@@]1(O)CNc1ccccc1. The largest absolute Gasteiger partial charge is 0.385 e. The molecule has 1 aromatic rings. The molecule has 3 nitrogen and oxygen atoms in total. The number of rotatable bonds is 6. The van der Waals surface area contributed by atoms with Crippen LogP contribution in [0.2, 0.25) is 0 Å². The van der Waals surface area contributed by atoms with Gasteiger partial charge in [-0.15, -0.1) is 0 Å². The van der Waals surface area contributed by atoms with E-state index in [0.717, 1.165) is 31.6 Å². The molecule has 0 heterocycles. The molecule has 0 spiro atoms. The molecule has 0 saturated heterocycles. The summed E-state index contributed by atoms with van der Waals surface area (Å²) in [4.78, 5) is 0. The fourth-order valence-corrected chi connectivity index (χ4v) is 4.46. The van der Waals surface area contributed by atoms with Crippen LogP contribution in [0.4, 0.5) is 5.69 Å². The highest BCUT2D eigenvalue weighted by Gasteiger charge is 2.65. The van der Waals surface area contributed by atoms with Crippen LogP contribution in [0.15, 0.2) is 30.3 Å². The van der Waals surface area contributed by atoms with Crippen LogP contribution in [0, 0.1) is 17.3 Å². The van der Waals surface area contributed by atoms with Gasteiger partial charge in [-0.2, -0.15) is 0 Å². The predicted octanol–water partition coefficient (Wildman–Crippen LogP) is 3.69. The first-order chi connectivity index (χ1) is 10.5. The van der Waals surface area contributed by atoms with Gasteiger partial charge in [0.05, 0.1) is 6.10 Å². The number of fused-ring (bicyclic) bond motifs is 2. The maximum atomic E-state index is 11.5. The van der Waals surface area contributed by atoms with Crippen molar-refractivity contribution < 1.29 is 9.84 Å². The van der Waals surface area contributed by atoms with Crippen LogP contribution in [-0.2, 0) is 4.74 Å². The van der Waals surface area contributed by atoms with Gasteiger partial charge in [-0.25, -0.2) is 0 Å². The van der Waals surface area contributed by atoms with Crippen LogP contribution in [0.5, 0.6) is 0 Å². The lowest BCUT2D eigenvalue weighted by molar-refractivity contribution is -0.258. The van der Waals surface area contributed by atoms with Crippen LogP contribution in [0.25, 0.3) is 0 Å². The van der Waals surface area contributed by atoms with E-state index in [1.807, 2.05) is 30.3 Å². The van der Waals surface area contributed by atoms with Gasteiger partial charge < -0.3 is 15.2 Å². The molecule has 0 radical (unpaired) electrons. The minimum absolute atomic E-state index is 0.0413. The summed E-state index contributed by atoms with van der Waals surface area (Å²) in [6, 6.07) is 10.1. The van der Waals surface area contributed by atoms with Gasteiger partial charge in [0.2, 0.25) is 0 Å². The van der Waals surface area contributed by atoms with Crippen LogP contribution in [0.1, 0.15) is 40.0 Å². The summed E-state index contributed by atoms with van der Waals surface area (Å²) in [6.07, 6.45) is 3.07. The van der Waals surface area contributed by atoms with E-state index in [2.05, 4.69) is 26.1 Å². The summed E-state index contributed by atoms with van der Waals surface area (Å²) in [7, 11) is 0. The molecule has 3 saturated carbocycles. The summed E-state index contributed by atoms with van der Waals surface area (Å²) in [6.45, 7) is 8.02. The lowest BCUT2D eigenvalue weighted by Gasteiger charge is -2.65. The molecule has 0 aromatic heterocycles. The minimum Gasteiger partial charge on any atom is -0.385 e. The lowest BCUT2D eigenvalue weighted by Crippen LogP contribution is -2.70. The zero-order valence-electron chi connectivity index (χ0n) is 14.0. The van der Waals surface area contributed by atoms with Gasteiger partial charge in [0.15, 0.2) is 0 Å². The summed E-state index contributed by atoms with van der Waals surface area (Å²) in [5.41, 5.74) is 0.507.